The van der Waals surface area contributed by atoms with Crippen LogP contribution in [0.15, 0.2) is 84.9 Å². The van der Waals surface area contributed by atoms with E-state index < -0.39 is 0 Å². The zero-order valence-corrected chi connectivity index (χ0v) is 33.7. The van der Waals surface area contributed by atoms with Gasteiger partial charge in [-0.05, 0) is 102 Å². The summed E-state index contributed by atoms with van der Waals surface area (Å²) in [6, 6.07) is 32.6. The Morgan fingerprint density at radius 3 is 1.02 bits per heavy atom. The van der Waals surface area contributed by atoms with Crippen molar-refractivity contribution in [2.24, 2.45) is 0 Å². The number of aryl methyl sites for hydroxylation is 2. The van der Waals surface area contributed by atoms with E-state index in [0.29, 0.717) is 17.8 Å². The quantitative estimate of drug-likeness (QED) is 0.0565. The van der Waals surface area contributed by atoms with E-state index in [-0.39, 0.29) is 0 Å². The van der Waals surface area contributed by atoms with Crippen molar-refractivity contribution in [3.63, 3.8) is 0 Å². The highest BCUT2D eigenvalue weighted by atomic mass is 14.5. The van der Waals surface area contributed by atoms with Crippen molar-refractivity contribution < 1.29 is 0 Å². The Kier molecular flexibility index (Phi) is 17.9. The number of nitrogens with two attached hydrogens (primary N) is 2. The molecule has 0 aliphatic rings. The molecule has 4 aromatic carbocycles. The fourth-order valence-corrected chi connectivity index (χ4v) is 8.49. The summed E-state index contributed by atoms with van der Waals surface area (Å²) in [7, 11) is 0. The van der Waals surface area contributed by atoms with E-state index in [1.807, 2.05) is 0 Å². The summed E-state index contributed by atoms with van der Waals surface area (Å²) in [4.78, 5) is 0. The van der Waals surface area contributed by atoms with Crippen LogP contribution in [0.25, 0.3) is 0 Å². The van der Waals surface area contributed by atoms with Gasteiger partial charge in [-0.25, -0.2) is 0 Å². The van der Waals surface area contributed by atoms with E-state index in [1.54, 1.807) is 0 Å². The maximum absolute atomic E-state index is 6.20. The first-order valence-corrected chi connectivity index (χ1v) is 21.3. The summed E-state index contributed by atoms with van der Waals surface area (Å²) in [5.74, 6) is 1.21. The number of anilines is 2. The molecule has 4 aromatic rings. The Bertz CT molecular complexity index is 1450. The zero-order valence-electron chi connectivity index (χ0n) is 33.7. The maximum atomic E-state index is 6.20. The minimum atomic E-state index is 0.402. The standard InChI is InChI=1S/C50H72N2/c1-6-9-12-14-16-19-22-49(46-34-32-44(51)36-38(46)4)42-28-24-40(25-29-42)48(21-18-11-8-3)41-26-30-43(31-27-41)50(23-20-17-15-13-10-7-2)47-35-33-45(52)37-39(47)5/h24-37,48-50H,6-23,51-52H2,1-5H3. The van der Waals surface area contributed by atoms with Crippen molar-refractivity contribution in [2.45, 2.75) is 168 Å². The smallest absolute Gasteiger partial charge is 0.0316 e. The van der Waals surface area contributed by atoms with Crippen molar-refractivity contribution in [1.29, 1.82) is 0 Å². The molecular weight excluding hydrogens is 629 g/mol. The summed E-state index contributed by atoms with van der Waals surface area (Å²) < 4.78 is 0. The highest BCUT2D eigenvalue weighted by Gasteiger charge is 2.21. The molecule has 0 spiro atoms. The molecule has 282 valence electrons. The van der Waals surface area contributed by atoms with Crippen LogP contribution in [-0.2, 0) is 0 Å². The molecule has 4 N–H and O–H groups in total. The first-order chi connectivity index (χ1) is 25.4. The lowest BCUT2D eigenvalue weighted by Crippen LogP contribution is -2.07. The molecule has 0 radical (unpaired) electrons. The maximum Gasteiger partial charge on any atom is 0.0316 e. The summed E-state index contributed by atoms with van der Waals surface area (Å²) in [6.45, 7) is 11.4. The topological polar surface area (TPSA) is 52.0 Å². The van der Waals surface area contributed by atoms with Gasteiger partial charge in [0.1, 0.15) is 0 Å². The molecule has 0 aromatic heterocycles. The number of hydrogen-bond acceptors (Lipinski definition) is 2. The lowest BCUT2D eigenvalue weighted by Gasteiger charge is -2.24. The number of rotatable bonds is 24. The lowest BCUT2D eigenvalue weighted by molar-refractivity contribution is 0.567. The van der Waals surface area contributed by atoms with E-state index in [0.717, 1.165) is 11.4 Å². The van der Waals surface area contributed by atoms with Gasteiger partial charge in [-0.1, -0.05) is 178 Å². The van der Waals surface area contributed by atoms with Crippen molar-refractivity contribution in [1.82, 2.24) is 0 Å². The third kappa shape index (κ3) is 12.6. The second kappa shape index (κ2) is 22.5. The van der Waals surface area contributed by atoms with Crippen molar-refractivity contribution >= 4 is 11.4 Å². The van der Waals surface area contributed by atoms with Gasteiger partial charge in [0.15, 0.2) is 0 Å². The molecule has 0 aliphatic heterocycles. The molecule has 0 heterocycles. The molecule has 0 saturated carbocycles. The van der Waals surface area contributed by atoms with Gasteiger partial charge in [-0.15, -0.1) is 0 Å². The summed E-state index contributed by atoms with van der Waals surface area (Å²) in [5.41, 5.74) is 25.3. The number of nitrogen functional groups attached to an aromatic ring is 2. The molecule has 0 fully saturated rings. The van der Waals surface area contributed by atoms with Crippen LogP contribution in [0.1, 0.15) is 199 Å². The third-order valence-electron chi connectivity index (χ3n) is 11.6. The van der Waals surface area contributed by atoms with E-state index >= 15 is 0 Å². The van der Waals surface area contributed by atoms with Gasteiger partial charge in [0.2, 0.25) is 0 Å². The molecule has 0 bridgehead atoms. The molecule has 2 unspecified atom stereocenters. The summed E-state index contributed by atoms with van der Waals surface area (Å²) in [5, 5.41) is 0. The zero-order chi connectivity index (χ0) is 37.1. The van der Waals surface area contributed by atoms with E-state index in [2.05, 4.69) is 120 Å². The second-order valence-corrected chi connectivity index (χ2v) is 15.8. The SMILES string of the molecule is CCCCCCCCC(c1ccc(C(CCCCC)c2ccc(C(CCCCCCCC)c3ccc(N)cc3C)cc2)cc1)c1ccc(N)cc1C. The number of hydrogen-bond donors (Lipinski definition) is 2. The van der Waals surface area contributed by atoms with Crippen LogP contribution in [0.2, 0.25) is 0 Å². The predicted octanol–water partition coefficient (Wildman–Crippen LogP) is 14.9. The van der Waals surface area contributed by atoms with Gasteiger partial charge < -0.3 is 11.5 Å². The summed E-state index contributed by atoms with van der Waals surface area (Å²) in [6.07, 6.45) is 23.2. The van der Waals surface area contributed by atoms with Crippen LogP contribution >= 0.6 is 0 Å². The second-order valence-electron chi connectivity index (χ2n) is 15.8. The van der Waals surface area contributed by atoms with Crippen LogP contribution in [0.5, 0.6) is 0 Å². The Hall–Kier alpha value is -3.52. The molecule has 4 rings (SSSR count). The largest absolute Gasteiger partial charge is 0.399 e. The van der Waals surface area contributed by atoms with Gasteiger partial charge in [-0.2, -0.15) is 0 Å². The number of benzene rings is 4. The molecule has 0 amide bonds. The predicted molar refractivity (Wildman–Crippen MR) is 230 cm³/mol. The van der Waals surface area contributed by atoms with E-state index in [1.165, 1.54) is 160 Å². The van der Waals surface area contributed by atoms with Crippen LogP contribution in [0.4, 0.5) is 11.4 Å². The first-order valence-electron chi connectivity index (χ1n) is 21.3. The lowest BCUT2D eigenvalue weighted by atomic mass is 9.81. The molecule has 0 aliphatic carbocycles. The normalized spacial score (nSPS) is 13.2. The van der Waals surface area contributed by atoms with Crippen LogP contribution in [0, 0.1) is 13.8 Å². The van der Waals surface area contributed by atoms with Gasteiger partial charge in [0, 0.05) is 29.1 Å². The fraction of sp³-hybridized carbons (Fsp3) is 0.520. The van der Waals surface area contributed by atoms with Crippen LogP contribution in [0.3, 0.4) is 0 Å². The fourth-order valence-electron chi connectivity index (χ4n) is 8.49. The third-order valence-corrected chi connectivity index (χ3v) is 11.6. The Labute approximate surface area is 319 Å². The molecule has 52 heavy (non-hydrogen) atoms. The van der Waals surface area contributed by atoms with E-state index in [4.69, 9.17) is 11.5 Å². The molecular formula is C50H72N2. The Morgan fingerprint density at radius 2 is 0.654 bits per heavy atom. The highest BCUT2D eigenvalue weighted by molar-refractivity contribution is 5.50. The average molecular weight is 701 g/mol. The van der Waals surface area contributed by atoms with Gasteiger partial charge in [0.25, 0.3) is 0 Å². The van der Waals surface area contributed by atoms with Gasteiger partial charge in [-0.3, -0.25) is 0 Å². The number of unbranched alkanes of at least 4 members (excludes halogenated alkanes) is 12. The van der Waals surface area contributed by atoms with Crippen LogP contribution in [-0.4, -0.2) is 0 Å². The Morgan fingerprint density at radius 1 is 0.365 bits per heavy atom. The van der Waals surface area contributed by atoms with E-state index in [9.17, 15) is 0 Å². The van der Waals surface area contributed by atoms with Crippen molar-refractivity contribution in [2.75, 3.05) is 11.5 Å². The minimum absolute atomic E-state index is 0.402. The molecule has 0 saturated heterocycles. The van der Waals surface area contributed by atoms with Gasteiger partial charge in [0.05, 0.1) is 0 Å². The van der Waals surface area contributed by atoms with Crippen LogP contribution < -0.4 is 11.5 Å². The monoisotopic (exact) mass is 701 g/mol. The molecule has 2 heteroatoms. The molecule has 2 atom stereocenters. The van der Waals surface area contributed by atoms with Crippen molar-refractivity contribution in [3.8, 4) is 0 Å². The van der Waals surface area contributed by atoms with Gasteiger partial charge >= 0.3 is 0 Å². The Balaban J connectivity index is 1.58. The minimum Gasteiger partial charge on any atom is -0.399 e. The summed E-state index contributed by atoms with van der Waals surface area (Å²) >= 11 is 0. The molecule has 2 nitrogen and oxygen atoms in total. The highest BCUT2D eigenvalue weighted by Crippen LogP contribution is 2.38. The van der Waals surface area contributed by atoms with Crippen molar-refractivity contribution in [3.05, 3.63) is 129 Å². The average Bonchev–Trinajstić information content (AvgIpc) is 3.14. The first kappa shape index (κ1) is 41.2.